The molecule has 0 radical (unpaired) electrons. The zero-order valence-corrected chi connectivity index (χ0v) is 38.5. The van der Waals surface area contributed by atoms with E-state index in [9.17, 15) is 0 Å². The van der Waals surface area contributed by atoms with Crippen LogP contribution < -0.4 is 9.80 Å². The molecule has 1 aliphatic rings. The molecule has 8 aromatic carbocycles. The van der Waals surface area contributed by atoms with Gasteiger partial charge < -0.3 is 18.6 Å². The molecule has 65 heavy (non-hydrogen) atoms. The van der Waals surface area contributed by atoms with Crippen LogP contribution in [0.5, 0.6) is 0 Å². The third-order valence-electron chi connectivity index (χ3n) is 14.2. The summed E-state index contributed by atoms with van der Waals surface area (Å²) in [5.41, 5.74) is 18.6. The first-order valence-electron chi connectivity index (χ1n) is 23.0. The topological polar surface area (TPSA) is 24.0 Å². The second-order valence-corrected chi connectivity index (χ2v) is 20.7. The standard InChI is InChI=1S/C61H53N3O/c1-59(2,3)40-24-29-44(30-25-40)62(42-17-11-9-12-18-42)46-28-23-38-37-50-49(36-39(38)35-46)56-54(61(50,7)8)48-33-34-51(53-55(48)64(56)57-47-21-15-16-22-52(47)65-58(53)57)63(43-19-13-10-14-20-43)45-31-26-41(27-32-45)60(4,5)6/h9-37H,1-8H3. The summed E-state index contributed by atoms with van der Waals surface area (Å²) >= 11 is 0. The second-order valence-electron chi connectivity index (χ2n) is 20.7. The number of anilines is 6. The van der Waals surface area contributed by atoms with Crippen molar-refractivity contribution < 1.29 is 4.42 Å². The molecule has 4 heteroatoms. The van der Waals surface area contributed by atoms with E-state index < -0.39 is 0 Å². The van der Waals surface area contributed by atoms with Gasteiger partial charge in [0.15, 0.2) is 5.58 Å². The largest absolute Gasteiger partial charge is 0.454 e. The highest BCUT2D eigenvalue weighted by atomic mass is 16.3. The van der Waals surface area contributed by atoms with E-state index in [2.05, 4.69) is 246 Å². The minimum atomic E-state index is -0.260. The van der Waals surface area contributed by atoms with Gasteiger partial charge in [-0.25, -0.2) is 0 Å². The Morgan fingerprint density at radius 2 is 1.03 bits per heavy atom. The molecule has 0 saturated carbocycles. The summed E-state index contributed by atoms with van der Waals surface area (Å²) in [6.07, 6.45) is 0. The van der Waals surface area contributed by atoms with Gasteiger partial charge in [-0.3, -0.25) is 0 Å². The van der Waals surface area contributed by atoms with Crippen LogP contribution in [-0.4, -0.2) is 4.40 Å². The summed E-state index contributed by atoms with van der Waals surface area (Å²) in [7, 11) is 0. The first-order valence-corrected chi connectivity index (χ1v) is 23.0. The van der Waals surface area contributed by atoms with Crippen LogP contribution in [0, 0.1) is 0 Å². The molecule has 0 aliphatic heterocycles. The number of para-hydroxylation sites is 3. The Hall–Kier alpha value is -7.30. The molecule has 0 bridgehead atoms. The molecule has 0 N–H and O–H groups in total. The van der Waals surface area contributed by atoms with Crippen molar-refractivity contribution in [3.63, 3.8) is 0 Å². The van der Waals surface area contributed by atoms with Crippen molar-refractivity contribution in [3.05, 3.63) is 198 Å². The average molecular weight is 844 g/mol. The SMILES string of the molecule is CC(C)(C)c1ccc(N(c2ccccc2)c2ccc3cc4c(cc3c2)-c2c(c3ccc(N(c5ccccc5)c5ccc(C(C)(C)C)cc5)c5c6oc7ccccc7c6n2c35)C4(C)C)cc1. The molecule has 0 saturated heterocycles. The van der Waals surface area contributed by atoms with Gasteiger partial charge in [0.25, 0.3) is 0 Å². The number of furan rings is 1. The predicted octanol–water partition coefficient (Wildman–Crippen LogP) is 17.4. The molecule has 0 atom stereocenters. The number of aromatic nitrogens is 1. The van der Waals surface area contributed by atoms with Gasteiger partial charge in [-0.2, -0.15) is 0 Å². The Balaban J connectivity index is 1.11. The van der Waals surface area contributed by atoms with Crippen molar-refractivity contribution in [2.75, 3.05) is 9.80 Å². The van der Waals surface area contributed by atoms with E-state index in [4.69, 9.17) is 4.42 Å². The lowest BCUT2D eigenvalue weighted by molar-refractivity contribution is 0.590. The molecule has 318 valence electrons. The Morgan fingerprint density at radius 1 is 0.477 bits per heavy atom. The maximum absolute atomic E-state index is 7.04. The van der Waals surface area contributed by atoms with Gasteiger partial charge in [0, 0.05) is 50.2 Å². The number of benzene rings is 8. The Bertz CT molecular complexity index is 3620. The quantitative estimate of drug-likeness (QED) is 0.167. The fourth-order valence-corrected chi connectivity index (χ4v) is 10.8. The van der Waals surface area contributed by atoms with Crippen molar-refractivity contribution in [1.82, 2.24) is 4.40 Å². The highest BCUT2D eigenvalue weighted by molar-refractivity contribution is 6.26. The minimum Gasteiger partial charge on any atom is -0.454 e. The lowest BCUT2D eigenvalue weighted by atomic mass is 9.81. The average Bonchev–Trinajstić information content (AvgIpc) is 4.01. The molecule has 4 nitrogen and oxygen atoms in total. The zero-order valence-electron chi connectivity index (χ0n) is 38.5. The van der Waals surface area contributed by atoms with Crippen LogP contribution in [0.1, 0.15) is 77.6 Å². The molecule has 12 rings (SSSR count). The Kier molecular flexibility index (Phi) is 8.37. The van der Waals surface area contributed by atoms with E-state index in [-0.39, 0.29) is 16.2 Å². The summed E-state index contributed by atoms with van der Waals surface area (Å²) in [6.45, 7) is 18.5. The Morgan fingerprint density at radius 3 is 1.66 bits per heavy atom. The van der Waals surface area contributed by atoms with Gasteiger partial charge in [-0.05, 0) is 135 Å². The van der Waals surface area contributed by atoms with Crippen molar-refractivity contribution in [2.24, 2.45) is 0 Å². The van der Waals surface area contributed by atoms with Crippen molar-refractivity contribution in [2.45, 2.75) is 71.6 Å². The van der Waals surface area contributed by atoms with Gasteiger partial charge in [0.2, 0.25) is 0 Å². The van der Waals surface area contributed by atoms with Crippen molar-refractivity contribution in [1.29, 1.82) is 0 Å². The molecule has 1 aliphatic carbocycles. The lowest BCUT2D eigenvalue weighted by Crippen LogP contribution is -2.15. The number of fused-ring (bicyclic) bond motifs is 11. The molecule has 3 heterocycles. The van der Waals surface area contributed by atoms with E-state index in [1.54, 1.807) is 0 Å². The number of rotatable bonds is 6. The predicted molar refractivity (Wildman–Crippen MR) is 275 cm³/mol. The molecule has 0 unspecified atom stereocenters. The molecule has 11 aromatic rings. The first kappa shape index (κ1) is 39.3. The lowest BCUT2D eigenvalue weighted by Gasteiger charge is -2.28. The van der Waals surface area contributed by atoms with Crippen LogP contribution >= 0.6 is 0 Å². The van der Waals surface area contributed by atoms with E-state index in [1.165, 1.54) is 55.2 Å². The van der Waals surface area contributed by atoms with Crippen LogP contribution in [0.3, 0.4) is 0 Å². The fraction of sp³-hybridized carbons (Fsp3) is 0.180. The number of nitrogens with zero attached hydrogens (tertiary/aromatic N) is 3. The van der Waals surface area contributed by atoms with E-state index in [0.717, 1.165) is 61.6 Å². The summed E-state index contributed by atoms with van der Waals surface area (Å²) in [5.74, 6) is 0. The molecule has 0 spiro atoms. The maximum atomic E-state index is 7.04. The smallest absolute Gasteiger partial charge is 0.163 e. The van der Waals surface area contributed by atoms with Gasteiger partial charge >= 0.3 is 0 Å². The van der Waals surface area contributed by atoms with E-state index >= 15 is 0 Å². The number of hydrogen-bond donors (Lipinski definition) is 0. The normalized spacial score (nSPS) is 13.7. The second kappa shape index (κ2) is 13.8. The maximum Gasteiger partial charge on any atom is 0.163 e. The molecular weight excluding hydrogens is 791 g/mol. The van der Waals surface area contributed by atoms with Crippen LogP contribution in [-0.2, 0) is 16.2 Å². The van der Waals surface area contributed by atoms with Gasteiger partial charge in [-0.15, -0.1) is 0 Å². The fourth-order valence-electron chi connectivity index (χ4n) is 10.8. The van der Waals surface area contributed by atoms with Crippen LogP contribution in [0.25, 0.3) is 60.4 Å². The Labute approximate surface area is 381 Å². The first-order chi connectivity index (χ1) is 31.3. The monoisotopic (exact) mass is 843 g/mol. The summed E-state index contributed by atoms with van der Waals surface area (Å²) in [4.78, 5) is 4.79. The third-order valence-corrected chi connectivity index (χ3v) is 14.2. The van der Waals surface area contributed by atoms with Crippen molar-refractivity contribution >= 4 is 83.3 Å². The molecule has 3 aromatic heterocycles. The van der Waals surface area contributed by atoms with Gasteiger partial charge in [-0.1, -0.05) is 140 Å². The molecule has 0 fully saturated rings. The molecule has 0 amide bonds. The third kappa shape index (κ3) is 5.89. The zero-order chi connectivity index (χ0) is 44.6. The van der Waals surface area contributed by atoms with Crippen LogP contribution in [0.2, 0.25) is 0 Å². The summed E-state index contributed by atoms with van der Waals surface area (Å²) in [5, 5.41) is 5.96. The summed E-state index contributed by atoms with van der Waals surface area (Å²) < 4.78 is 9.60. The highest BCUT2D eigenvalue weighted by Gasteiger charge is 2.42. The van der Waals surface area contributed by atoms with E-state index in [0.29, 0.717) is 0 Å². The highest BCUT2D eigenvalue weighted by Crippen LogP contribution is 2.58. The van der Waals surface area contributed by atoms with E-state index in [1.807, 2.05) is 0 Å². The minimum absolute atomic E-state index is 0.0449. The summed E-state index contributed by atoms with van der Waals surface area (Å²) in [6, 6.07) is 64.9. The van der Waals surface area contributed by atoms with Crippen LogP contribution in [0.15, 0.2) is 180 Å². The van der Waals surface area contributed by atoms with Gasteiger partial charge in [0.05, 0.1) is 22.3 Å². The molecular formula is C61H53N3O. The van der Waals surface area contributed by atoms with Crippen molar-refractivity contribution in [3.8, 4) is 11.3 Å². The van der Waals surface area contributed by atoms with Gasteiger partial charge in [0.1, 0.15) is 11.1 Å². The number of hydrogen-bond acceptors (Lipinski definition) is 3. The van der Waals surface area contributed by atoms with Crippen LogP contribution in [0.4, 0.5) is 34.1 Å².